The Morgan fingerprint density at radius 2 is 1.56 bits per heavy atom. The third-order valence-corrected chi connectivity index (χ3v) is 4.84. The summed E-state index contributed by atoms with van der Waals surface area (Å²) in [5.41, 5.74) is -0.0828. The Balaban J connectivity index is 1.78. The summed E-state index contributed by atoms with van der Waals surface area (Å²) >= 11 is 0. The van der Waals surface area contributed by atoms with Crippen LogP contribution in [0.25, 0.3) is 6.08 Å². The number of hydrogen-bond acceptors (Lipinski definition) is 11. The lowest BCUT2D eigenvalue weighted by Crippen LogP contribution is -2.60. The molecule has 1 heterocycles. The van der Waals surface area contributed by atoms with Crippen LogP contribution >= 0.6 is 0 Å². The summed E-state index contributed by atoms with van der Waals surface area (Å²) in [4.78, 5) is 12.4. The zero-order chi connectivity index (χ0) is 23.6. The number of carbonyl (C=O) groups is 1. The van der Waals surface area contributed by atoms with Crippen molar-refractivity contribution in [2.24, 2.45) is 0 Å². The number of ether oxygens (including phenoxy) is 2. The van der Waals surface area contributed by atoms with Crippen molar-refractivity contribution >= 4 is 11.9 Å². The molecule has 8 N–H and O–H groups in total. The number of ketones is 1. The van der Waals surface area contributed by atoms with Gasteiger partial charge in [0.2, 0.25) is 6.29 Å². The van der Waals surface area contributed by atoms with E-state index in [-0.39, 0.29) is 17.2 Å². The van der Waals surface area contributed by atoms with E-state index in [0.717, 1.165) is 18.2 Å². The van der Waals surface area contributed by atoms with Crippen LogP contribution in [-0.2, 0) is 4.74 Å². The van der Waals surface area contributed by atoms with E-state index < -0.39 is 60.2 Å². The third-order valence-electron chi connectivity index (χ3n) is 4.84. The van der Waals surface area contributed by atoms with Gasteiger partial charge in [0.05, 0.1) is 6.61 Å². The molecule has 172 valence electrons. The first kappa shape index (κ1) is 23.3. The van der Waals surface area contributed by atoms with Crippen molar-refractivity contribution in [2.45, 2.75) is 30.7 Å². The summed E-state index contributed by atoms with van der Waals surface area (Å²) in [6.07, 6.45) is -5.42. The number of rotatable bonds is 6. The smallest absolute Gasteiger partial charge is 0.229 e. The predicted octanol–water partition coefficient (Wildman–Crippen LogP) is -0.416. The molecule has 0 spiro atoms. The largest absolute Gasteiger partial charge is 0.507 e. The first-order valence-corrected chi connectivity index (χ1v) is 9.40. The Morgan fingerprint density at radius 1 is 0.906 bits per heavy atom. The summed E-state index contributed by atoms with van der Waals surface area (Å²) in [6.45, 7) is -0.667. The van der Waals surface area contributed by atoms with Crippen molar-refractivity contribution in [1.29, 1.82) is 0 Å². The molecule has 0 amide bonds. The van der Waals surface area contributed by atoms with Crippen LogP contribution in [0.15, 0.2) is 36.4 Å². The first-order valence-electron chi connectivity index (χ1n) is 9.40. The van der Waals surface area contributed by atoms with Crippen LogP contribution in [0.3, 0.4) is 0 Å². The highest BCUT2D eigenvalue weighted by Crippen LogP contribution is 2.35. The Labute approximate surface area is 181 Å². The molecule has 0 saturated carbocycles. The van der Waals surface area contributed by atoms with Gasteiger partial charge in [-0.3, -0.25) is 4.79 Å². The Kier molecular flexibility index (Phi) is 6.87. The number of allylic oxidation sites excluding steroid dienone is 1. The highest BCUT2D eigenvalue weighted by molar-refractivity contribution is 6.10. The van der Waals surface area contributed by atoms with E-state index in [1.165, 1.54) is 24.3 Å². The molecule has 1 fully saturated rings. The molecule has 5 unspecified atom stereocenters. The van der Waals surface area contributed by atoms with Gasteiger partial charge in [-0.25, -0.2) is 0 Å². The second-order valence-corrected chi connectivity index (χ2v) is 7.10. The van der Waals surface area contributed by atoms with E-state index >= 15 is 0 Å². The number of phenols is 4. The van der Waals surface area contributed by atoms with Gasteiger partial charge in [-0.15, -0.1) is 0 Å². The Hall–Kier alpha value is -3.35. The maximum atomic E-state index is 12.4. The summed E-state index contributed by atoms with van der Waals surface area (Å²) in [5.74, 6) is -3.06. The van der Waals surface area contributed by atoms with Crippen LogP contribution in [0.5, 0.6) is 28.7 Å². The summed E-state index contributed by atoms with van der Waals surface area (Å²) in [5, 5.41) is 78.0. The van der Waals surface area contributed by atoms with Gasteiger partial charge in [0.15, 0.2) is 17.3 Å². The monoisotopic (exact) mass is 450 g/mol. The fourth-order valence-electron chi connectivity index (χ4n) is 3.11. The molecular formula is C21H22O11. The van der Waals surface area contributed by atoms with Gasteiger partial charge in [0.1, 0.15) is 47.2 Å². The minimum atomic E-state index is -1.71. The van der Waals surface area contributed by atoms with Crippen molar-refractivity contribution in [3.05, 3.63) is 47.5 Å². The van der Waals surface area contributed by atoms with Crippen LogP contribution in [0, 0.1) is 0 Å². The lowest BCUT2D eigenvalue weighted by Gasteiger charge is -2.39. The summed E-state index contributed by atoms with van der Waals surface area (Å²) < 4.78 is 10.5. The molecule has 0 aliphatic carbocycles. The maximum absolute atomic E-state index is 12.4. The van der Waals surface area contributed by atoms with E-state index in [2.05, 4.69) is 0 Å². The molecular weight excluding hydrogens is 428 g/mol. The molecule has 2 aromatic carbocycles. The van der Waals surface area contributed by atoms with Gasteiger partial charge in [0, 0.05) is 12.1 Å². The van der Waals surface area contributed by atoms with Gasteiger partial charge in [0.25, 0.3) is 0 Å². The lowest BCUT2D eigenvalue weighted by molar-refractivity contribution is -0.277. The van der Waals surface area contributed by atoms with Crippen molar-refractivity contribution in [1.82, 2.24) is 0 Å². The SMILES string of the molecule is O=C(C=Cc1ccc(O)c(O)c1)c1c(O)cc(OC2OC(CO)C(O)C(O)C2O)cc1O. The Morgan fingerprint density at radius 3 is 2.16 bits per heavy atom. The van der Waals surface area contributed by atoms with Crippen LogP contribution in [0.2, 0.25) is 0 Å². The van der Waals surface area contributed by atoms with Gasteiger partial charge in [-0.05, 0) is 23.8 Å². The van der Waals surface area contributed by atoms with Crippen molar-refractivity contribution in [3.63, 3.8) is 0 Å². The highest BCUT2D eigenvalue weighted by atomic mass is 16.7. The molecule has 5 atom stereocenters. The molecule has 11 nitrogen and oxygen atoms in total. The average molecular weight is 450 g/mol. The van der Waals surface area contributed by atoms with Gasteiger partial charge in [-0.2, -0.15) is 0 Å². The molecule has 1 aliphatic heterocycles. The molecule has 0 radical (unpaired) electrons. The fraction of sp³-hybridized carbons (Fsp3) is 0.286. The van der Waals surface area contributed by atoms with Crippen LogP contribution in [-0.4, -0.2) is 83.9 Å². The molecule has 0 bridgehead atoms. The number of phenolic OH excluding ortho intramolecular Hbond substituents is 4. The van der Waals surface area contributed by atoms with Gasteiger partial charge >= 0.3 is 0 Å². The number of aliphatic hydroxyl groups excluding tert-OH is 4. The zero-order valence-corrected chi connectivity index (χ0v) is 16.4. The van der Waals surface area contributed by atoms with Crippen molar-refractivity contribution in [2.75, 3.05) is 6.61 Å². The number of carbonyl (C=O) groups excluding carboxylic acids is 1. The average Bonchev–Trinajstić information content (AvgIpc) is 2.74. The minimum Gasteiger partial charge on any atom is -0.507 e. The van der Waals surface area contributed by atoms with Crippen molar-refractivity contribution < 1.29 is 55.1 Å². The lowest BCUT2D eigenvalue weighted by atomic mass is 9.99. The van der Waals surface area contributed by atoms with E-state index in [4.69, 9.17) is 9.47 Å². The second kappa shape index (κ2) is 9.42. The fourth-order valence-corrected chi connectivity index (χ4v) is 3.11. The van der Waals surface area contributed by atoms with Crippen molar-refractivity contribution in [3.8, 4) is 28.7 Å². The quantitative estimate of drug-likeness (QED) is 0.162. The van der Waals surface area contributed by atoms with Gasteiger partial charge < -0.3 is 50.3 Å². The van der Waals surface area contributed by atoms with Crippen LogP contribution in [0.4, 0.5) is 0 Å². The molecule has 32 heavy (non-hydrogen) atoms. The van der Waals surface area contributed by atoms with E-state index in [0.29, 0.717) is 5.56 Å². The second-order valence-electron chi connectivity index (χ2n) is 7.10. The zero-order valence-electron chi connectivity index (χ0n) is 16.4. The molecule has 11 heteroatoms. The highest BCUT2D eigenvalue weighted by Gasteiger charge is 2.44. The molecule has 0 aromatic heterocycles. The number of aromatic hydroxyl groups is 4. The standard InChI is InChI=1S/C21H22O11/c22-8-16-18(28)19(29)20(30)21(32-16)31-10-6-14(26)17(15(27)7-10)12(24)4-2-9-1-3-11(23)13(25)5-9/h1-7,16,18-23,25-30H,8H2. The molecule has 1 saturated heterocycles. The third kappa shape index (κ3) is 4.77. The van der Waals surface area contributed by atoms with E-state index in [1.54, 1.807) is 0 Å². The summed E-state index contributed by atoms with van der Waals surface area (Å²) in [6, 6.07) is 5.79. The number of benzene rings is 2. The summed E-state index contributed by atoms with van der Waals surface area (Å²) in [7, 11) is 0. The first-order chi connectivity index (χ1) is 15.1. The predicted molar refractivity (Wildman–Crippen MR) is 107 cm³/mol. The van der Waals surface area contributed by atoms with E-state index in [9.17, 15) is 45.6 Å². The van der Waals surface area contributed by atoms with Crippen LogP contribution in [0.1, 0.15) is 15.9 Å². The normalized spacial score (nSPS) is 25.7. The number of hydrogen-bond donors (Lipinski definition) is 8. The van der Waals surface area contributed by atoms with E-state index in [1.807, 2.05) is 0 Å². The van der Waals surface area contributed by atoms with Crippen LogP contribution < -0.4 is 4.74 Å². The molecule has 2 aromatic rings. The molecule has 3 rings (SSSR count). The topological polar surface area (TPSA) is 197 Å². The maximum Gasteiger partial charge on any atom is 0.229 e. The Bertz CT molecular complexity index is 994. The van der Waals surface area contributed by atoms with Gasteiger partial charge in [-0.1, -0.05) is 12.1 Å². The minimum absolute atomic E-state index is 0.228. The number of aliphatic hydroxyl groups is 4. The molecule has 1 aliphatic rings.